The number of urea groups is 1. The van der Waals surface area contributed by atoms with Crippen molar-refractivity contribution in [2.45, 2.75) is 32.7 Å². The first kappa shape index (κ1) is 19.2. The summed E-state index contributed by atoms with van der Waals surface area (Å²) >= 11 is 0. The van der Waals surface area contributed by atoms with Crippen molar-refractivity contribution in [3.8, 4) is 16.9 Å². The molecule has 1 aliphatic heterocycles. The zero-order chi connectivity index (χ0) is 19.4. The molecule has 7 nitrogen and oxygen atoms in total. The van der Waals surface area contributed by atoms with Gasteiger partial charge in [-0.25, -0.2) is 4.79 Å². The molecule has 0 unspecified atom stereocenters. The number of ether oxygens (including phenoxy) is 1. The third-order valence-electron chi connectivity index (χ3n) is 5.23. The molecule has 2 amide bonds. The number of nitrogens with zero attached hydrogens (tertiary/aromatic N) is 3. The number of anilines is 1. The van der Waals surface area contributed by atoms with Gasteiger partial charge in [0.1, 0.15) is 11.6 Å². The van der Waals surface area contributed by atoms with Crippen LogP contribution in [0, 0.1) is 6.92 Å². The van der Waals surface area contributed by atoms with Crippen LogP contribution in [0.5, 0.6) is 5.75 Å². The highest BCUT2D eigenvalue weighted by Gasteiger charge is 2.24. The summed E-state index contributed by atoms with van der Waals surface area (Å²) in [6.45, 7) is 6.88. The average molecular weight is 371 g/mol. The van der Waals surface area contributed by atoms with E-state index in [1.807, 2.05) is 38.2 Å². The van der Waals surface area contributed by atoms with Gasteiger partial charge < -0.3 is 10.1 Å². The Bertz CT molecular complexity index is 802. The minimum atomic E-state index is -0.211. The fourth-order valence-corrected chi connectivity index (χ4v) is 3.88. The van der Waals surface area contributed by atoms with Gasteiger partial charge in [-0.1, -0.05) is 25.1 Å². The molecule has 0 saturated carbocycles. The standard InChI is InChI=1S/C20H29N5O2/c1-5-25-12-8-9-15(25)13-21-20(26)22-19-18(14(2)23-24(19)3)16-10-6-7-11-17(16)27-4/h6-7,10-11,15H,5,8-9,12-13H2,1-4H3,(H2,21,22,26)/t15-/m1/s1. The Morgan fingerprint density at radius 2 is 2.15 bits per heavy atom. The molecule has 0 radical (unpaired) electrons. The molecular formula is C20H29N5O2. The van der Waals surface area contributed by atoms with Crippen LogP contribution in [0.2, 0.25) is 0 Å². The fourth-order valence-electron chi connectivity index (χ4n) is 3.88. The number of carbonyl (C=O) groups is 1. The Balaban J connectivity index is 1.76. The highest BCUT2D eigenvalue weighted by atomic mass is 16.5. The summed E-state index contributed by atoms with van der Waals surface area (Å²) in [7, 11) is 3.47. The van der Waals surface area contributed by atoms with Gasteiger partial charge >= 0.3 is 6.03 Å². The lowest BCUT2D eigenvalue weighted by atomic mass is 10.0. The highest BCUT2D eigenvalue weighted by molar-refractivity contribution is 5.94. The number of hydrogen-bond acceptors (Lipinski definition) is 4. The Morgan fingerprint density at radius 3 is 2.89 bits per heavy atom. The first-order valence-corrected chi connectivity index (χ1v) is 9.51. The molecule has 27 heavy (non-hydrogen) atoms. The summed E-state index contributed by atoms with van der Waals surface area (Å²) in [6.07, 6.45) is 2.33. The minimum Gasteiger partial charge on any atom is -0.496 e. The van der Waals surface area contributed by atoms with Crippen molar-refractivity contribution in [1.29, 1.82) is 0 Å². The molecule has 7 heteroatoms. The highest BCUT2D eigenvalue weighted by Crippen LogP contribution is 2.37. The van der Waals surface area contributed by atoms with Gasteiger partial charge in [-0.3, -0.25) is 14.9 Å². The number of likely N-dealkylation sites (tertiary alicyclic amines) is 1. The maximum absolute atomic E-state index is 12.6. The van der Waals surface area contributed by atoms with Crippen molar-refractivity contribution >= 4 is 11.8 Å². The van der Waals surface area contributed by atoms with E-state index in [1.165, 1.54) is 6.42 Å². The lowest BCUT2D eigenvalue weighted by Gasteiger charge is -2.23. The summed E-state index contributed by atoms with van der Waals surface area (Å²) in [5, 5.41) is 10.5. The summed E-state index contributed by atoms with van der Waals surface area (Å²) in [5.74, 6) is 1.41. The lowest BCUT2D eigenvalue weighted by molar-refractivity contribution is 0.238. The summed E-state index contributed by atoms with van der Waals surface area (Å²) in [5.41, 5.74) is 2.63. The van der Waals surface area contributed by atoms with Gasteiger partial charge in [-0.15, -0.1) is 0 Å². The molecule has 2 N–H and O–H groups in total. The van der Waals surface area contributed by atoms with Gasteiger partial charge in [0.05, 0.1) is 18.4 Å². The van der Waals surface area contributed by atoms with Crippen molar-refractivity contribution in [2.75, 3.05) is 32.1 Å². The Labute approximate surface area is 160 Å². The van der Waals surface area contributed by atoms with Crippen LogP contribution in [-0.4, -0.2) is 53.5 Å². The third kappa shape index (κ3) is 4.08. The molecule has 1 fully saturated rings. The van der Waals surface area contributed by atoms with Gasteiger partial charge in [0.15, 0.2) is 0 Å². The average Bonchev–Trinajstić information content (AvgIpc) is 3.23. The number of aromatic nitrogens is 2. The number of likely N-dealkylation sites (N-methyl/N-ethyl adjacent to an activating group) is 1. The van der Waals surface area contributed by atoms with Crippen molar-refractivity contribution in [2.24, 2.45) is 7.05 Å². The van der Waals surface area contributed by atoms with Crippen molar-refractivity contribution in [1.82, 2.24) is 20.0 Å². The molecule has 0 spiro atoms. The maximum Gasteiger partial charge on any atom is 0.320 e. The number of hydrogen-bond donors (Lipinski definition) is 2. The van der Waals surface area contributed by atoms with E-state index in [1.54, 1.807) is 11.8 Å². The molecule has 146 valence electrons. The van der Waals surface area contributed by atoms with Crippen LogP contribution in [0.3, 0.4) is 0 Å². The SMILES string of the molecule is CCN1CCC[C@@H]1CNC(=O)Nc1c(-c2ccccc2OC)c(C)nn1C. The monoisotopic (exact) mass is 371 g/mol. The third-order valence-corrected chi connectivity index (χ3v) is 5.23. The molecule has 1 aliphatic rings. The summed E-state index contributed by atoms with van der Waals surface area (Å²) in [4.78, 5) is 15.0. The quantitative estimate of drug-likeness (QED) is 0.819. The number of aryl methyl sites for hydroxylation is 2. The molecule has 1 aromatic carbocycles. The minimum absolute atomic E-state index is 0.211. The van der Waals surface area contributed by atoms with Crippen LogP contribution in [0.1, 0.15) is 25.5 Å². The van der Waals surface area contributed by atoms with Crippen LogP contribution in [0.25, 0.3) is 11.1 Å². The van der Waals surface area contributed by atoms with Crippen LogP contribution in [-0.2, 0) is 7.05 Å². The second-order valence-electron chi connectivity index (χ2n) is 6.89. The topological polar surface area (TPSA) is 71.4 Å². The van der Waals surface area contributed by atoms with E-state index in [2.05, 4.69) is 27.6 Å². The van der Waals surface area contributed by atoms with Crippen LogP contribution < -0.4 is 15.4 Å². The molecule has 2 heterocycles. The lowest BCUT2D eigenvalue weighted by Crippen LogP contribution is -2.41. The first-order valence-electron chi connectivity index (χ1n) is 9.51. The molecule has 0 aliphatic carbocycles. The predicted molar refractivity (Wildman–Crippen MR) is 107 cm³/mol. The molecular weight excluding hydrogens is 342 g/mol. The van der Waals surface area contributed by atoms with Gasteiger partial charge in [0.2, 0.25) is 0 Å². The van der Waals surface area contributed by atoms with Crippen molar-refractivity contribution < 1.29 is 9.53 Å². The number of para-hydroxylation sites is 1. The van der Waals surface area contributed by atoms with E-state index in [9.17, 15) is 4.79 Å². The van der Waals surface area contributed by atoms with Crippen LogP contribution in [0.4, 0.5) is 10.6 Å². The van der Waals surface area contributed by atoms with E-state index < -0.39 is 0 Å². The Kier molecular flexibility index (Phi) is 6.01. The smallest absolute Gasteiger partial charge is 0.320 e. The van der Waals surface area contributed by atoms with Crippen molar-refractivity contribution in [3.05, 3.63) is 30.0 Å². The summed E-state index contributed by atoms with van der Waals surface area (Å²) in [6, 6.07) is 7.97. The second kappa shape index (κ2) is 8.43. The van der Waals surface area contributed by atoms with E-state index >= 15 is 0 Å². The predicted octanol–water partition coefficient (Wildman–Crippen LogP) is 3.01. The van der Waals surface area contributed by atoms with E-state index in [4.69, 9.17) is 4.74 Å². The number of amides is 2. The van der Waals surface area contributed by atoms with Crippen LogP contribution in [0.15, 0.2) is 24.3 Å². The zero-order valence-electron chi connectivity index (χ0n) is 16.6. The molecule has 3 rings (SSSR count). The molecule has 1 saturated heterocycles. The van der Waals surface area contributed by atoms with E-state index in [0.29, 0.717) is 18.4 Å². The molecule has 1 atom stereocenters. The second-order valence-corrected chi connectivity index (χ2v) is 6.89. The van der Waals surface area contributed by atoms with Crippen molar-refractivity contribution in [3.63, 3.8) is 0 Å². The number of carbonyl (C=O) groups excluding carboxylic acids is 1. The van der Waals surface area contributed by atoms with Gasteiger partial charge in [-0.2, -0.15) is 5.10 Å². The Morgan fingerprint density at radius 1 is 1.37 bits per heavy atom. The maximum atomic E-state index is 12.6. The van der Waals surface area contributed by atoms with Gasteiger partial charge in [0.25, 0.3) is 0 Å². The zero-order valence-corrected chi connectivity index (χ0v) is 16.6. The van der Waals surface area contributed by atoms with E-state index in [-0.39, 0.29) is 6.03 Å². The number of rotatable bonds is 6. The molecule has 1 aromatic heterocycles. The number of nitrogens with one attached hydrogen (secondary N) is 2. The normalized spacial score (nSPS) is 17.1. The first-order chi connectivity index (χ1) is 13.0. The van der Waals surface area contributed by atoms with Crippen LogP contribution >= 0.6 is 0 Å². The fraction of sp³-hybridized carbons (Fsp3) is 0.500. The number of methoxy groups -OCH3 is 1. The molecule has 2 aromatic rings. The van der Waals surface area contributed by atoms with Gasteiger partial charge in [0, 0.05) is 25.2 Å². The summed E-state index contributed by atoms with van der Waals surface area (Å²) < 4.78 is 7.19. The molecule has 0 bridgehead atoms. The van der Waals surface area contributed by atoms with E-state index in [0.717, 1.165) is 42.1 Å². The Hall–Kier alpha value is -2.54. The number of benzene rings is 1. The largest absolute Gasteiger partial charge is 0.496 e. The van der Waals surface area contributed by atoms with Gasteiger partial charge in [-0.05, 0) is 38.9 Å².